The van der Waals surface area contributed by atoms with E-state index >= 15 is 0 Å². The molecule has 0 radical (unpaired) electrons. The van der Waals surface area contributed by atoms with Crippen LogP contribution in [0.15, 0.2) is 11.8 Å². The first-order valence-corrected chi connectivity index (χ1v) is 7.59. The van der Waals surface area contributed by atoms with E-state index in [1.165, 1.54) is 0 Å². The van der Waals surface area contributed by atoms with Gasteiger partial charge < -0.3 is 9.80 Å². The third-order valence-corrected chi connectivity index (χ3v) is 5.28. The highest BCUT2D eigenvalue weighted by molar-refractivity contribution is 5.92. The van der Waals surface area contributed by atoms with E-state index < -0.39 is 0 Å². The first-order valence-electron chi connectivity index (χ1n) is 7.59. The molecule has 0 unspecified atom stereocenters. The number of hydrogen-bond acceptors (Lipinski definition) is 2. The minimum Gasteiger partial charge on any atom is -0.338 e. The molecule has 0 N–H and O–H groups in total. The largest absolute Gasteiger partial charge is 0.338 e. The lowest BCUT2D eigenvalue weighted by Crippen LogP contribution is -2.63. The van der Waals surface area contributed by atoms with E-state index in [0.29, 0.717) is 0 Å². The monoisotopic (exact) mass is 260 g/mol. The SMILES string of the molecule is O=C1[C@H]2C[C@H](C(=O)N3CCCC[C@H]23)C2=CCCCN12. The molecule has 0 spiro atoms. The van der Waals surface area contributed by atoms with E-state index in [4.69, 9.17) is 0 Å². The maximum Gasteiger partial charge on any atom is 0.231 e. The van der Waals surface area contributed by atoms with Crippen molar-refractivity contribution in [3.8, 4) is 0 Å². The predicted molar refractivity (Wildman–Crippen MR) is 70.0 cm³/mol. The zero-order chi connectivity index (χ0) is 13.0. The molecule has 2 bridgehead atoms. The predicted octanol–water partition coefficient (Wildman–Crippen LogP) is 1.52. The molecule has 0 aromatic heterocycles. The van der Waals surface area contributed by atoms with Crippen molar-refractivity contribution in [1.82, 2.24) is 9.80 Å². The van der Waals surface area contributed by atoms with Gasteiger partial charge in [-0.25, -0.2) is 0 Å². The number of piperidine rings is 3. The van der Waals surface area contributed by atoms with E-state index in [1.807, 2.05) is 9.80 Å². The molecular formula is C15H20N2O2. The molecule has 0 aromatic carbocycles. The molecule has 19 heavy (non-hydrogen) atoms. The standard InChI is InChI=1S/C15H20N2O2/c18-14-10-9-11(13-6-2-4-8-17(13)14)15(19)16-7-3-1-5-12(10)16/h5,10-11,13H,1-4,6-9H2/t10-,11-,13+/m0/s1. The van der Waals surface area contributed by atoms with Crippen molar-refractivity contribution in [2.75, 3.05) is 13.1 Å². The highest BCUT2D eigenvalue weighted by atomic mass is 16.2. The fourth-order valence-corrected chi connectivity index (χ4v) is 4.38. The van der Waals surface area contributed by atoms with Gasteiger partial charge in [0.2, 0.25) is 11.8 Å². The average molecular weight is 260 g/mol. The summed E-state index contributed by atoms with van der Waals surface area (Å²) in [6.07, 6.45) is 8.21. The van der Waals surface area contributed by atoms with Gasteiger partial charge in [0.05, 0.1) is 11.8 Å². The Morgan fingerprint density at radius 1 is 1.05 bits per heavy atom. The van der Waals surface area contributed by atoms with Crippen LogP contribution in [-0.4, -0.2) is 40.7 Å². The van der Waals surface area contributed by atoms with Crippen LogP contribution in [0, 0.1) is 11.8 Å². The lowest BCUT2D eigenvalue weighted by atomic mass is 9.73. The Morgan fingerprint density at radius 2 is 1.95 bits per heavy atom. The smallest absolute Gasteiger partial charge is 0.231 e. The van der Waals surface area contributed by atoms with Crippen LogP contribution in [-0.2, 0) is 9.59 Å². The van der Waals surface area contributed by atoms with Crippen molar-refractivity contribution in [3.63, 3.8) is 0 Å². The van der Waals surface area contributed by atoms with E-state index in [-0.39, 0.29) is 29.7 Å². The second kappa shape index (κ2) is 4.09. The molecule has 2 amide bonds. The van der Waals surface area contributed by atoms with Gasteiger partial charge in [-0.05, 0) is 38.5 Å². The van der Waals surface area contributed by atoms with Gasteiger partial charge >= 0.3 is 0 Å². The number of allylic oxidation sites excluding steroid dienone is 1. The van der Waals surface area contributed by atoms with Gasteiger partial charge in [0.15, 0.2) is 0 Å². The molecule has 4 aliphatic heterocycles. The van der Waals surface area contributed by atoms with Crippen LogP contribution in [0.25, 0.3) is 0 Å². The number of rotatable bonds is 0. The maximum absolute atomic E-state index is 12.7. The zero-order valence-corrected chi connectivity index (χ0v) is 11.2. The molecule has 0 aromatic rings. The number of amides is 2. The summed E-state index contributed by atoms with van der Waals surface area (Å²) in [6.45, 7) is 1.68. The topological polar surface area (TPSA) is 40.6 Å². The minimum absolute atomic E-state index is 0.0302. The van der Waals surface area contributed by atoms with Gasteiger partial charge in [0.1, 0.15) is 0 Å². The molecule has 3 fully saturated rings. The van der Waals surface area contributed by atoms with Gasteiger partial charge in [-0.2, -0.15) is 0 Å². The molecule has 4 aliphatic rings. The number of nitrogens with zero attached hydrogens (tertiary/aromatic N) is 2. The molecule has 4 rings (SSSR count). The second-order valence-electron chi connectivity index (χ2n) is 6.25. The molecule has 4 heterocycles. The Kier molecular flexibility index (Phi) is 2.47. The van der Waals surface area contributed by atoms with Crippen LogP contribution < -0.4 is 0 Å². The fraction of sp³-hybridized carbons (Fsp3) is 0.733. The van der Waals surface area contributed by atoms with Crippen molar-refractivity contribution in [3.05, 3.63) is 11.8 Å². The summed E-state index contributed by atoms with van der Waals surface area (Å²) in [5.74, 6) is 0.605. The van der Waals surface area contributed by atoms with Crippen LogP contribution in [0.5, 0.6) is 0 Å². The first-order chi connectivity index (χ1) is 9.27. The van der Waals surface area contributed by atoms with Crippen LogP contribution in [0.4, 0.5) is 0 Å². The molecule has 102 valence electrons. The summed E-state index contributed by atoms with van der Waals surface area (Å²) in [5, 5.41) is 0. The highest BCUT2D eigenvalue weighted by Crippen LogP contribution is 2.44. The van der Waals surface area contributed by atoms with E-state index in [1.54, 1.807) is 0 Å². The molecule has 3 atom stereocenters. The summed E-state index contributed by atoms with van der Waals surface area (Å²) < 4.78 is 0. The van der Waals surface area contributed by atoms with Crippen LogP contribution in [0.1, 0.15) is 38.5 Å². The number of carbonyl (C=O) groups excluding carboxylic acids is 2. The molecule has 0 saturated carbocycles. The van der Waals surface area contributed by atoms with Crippen molar-refractivity contribution >= 4 is 11.8 Å². The Labute approximate surface area is 113 Å². The number of carbonyl (C=O) groups is 2. The molecular weight excluding hydrogens is 240 g/mol. The van der Waals surface area contributed by atoms with Gasteiger partial charge in [-0.1, -0.05) is 6.08 Å². The van der Waals surface area contributed by atoms with Crippen LogP contribution >= 0.6 is 0 Å². The lowest BCUT2D eigenvalue weighted by molar-refractivity contribution is -0.159. The van der Waals surface area contributed by atoms with Gasteiger partial charge in [-0.3, -0.25) is 9.59 Å². The van der Waals surface area contributed by atoms with Gasteiger partial charge in [0, 0.05) is 24.8 Å². The zero-order valence-electron chi connectivity index (χ0n) is 11.2. The normalized spacial score (nSPS) is 37.7. The summed E-state index contributed by atoms with van der Waals surface area (Å²) in [4.78, 5) is 29.3. The molecule has 0 aliphatic carbocycles. The summed E-state index contributed by atoms with van der Waals surface area (Å²) in [6, 6.07) is 0.188. The number of fused-ring (bicyclic) bond motifs is 6. The minimum atomic E-state index is -0.0302. The fourth-order valence-electron chi connectivity index (χ4n) is 4.38. The Morgan fingerprint density at radius 3 is 2.84 bits per heavy atom. The summed E-state index contributed by atoms with van der Waals surface area (Å²) in [7, 11) is 0. The second-order valence-corrected chi connectivity index (χ2v) is 6.25. The highest BCUT2D eigenvalue weighted by Gasteiger charge is 2.52. The van der Waals surface area contributed by atoms with E-state index in [2.05, 4.69) is 6.08 Å². The van der Waals surface area contributed by atoms with Crippen molar-refractivity contribution < 1.29 is 9.59 Å². The molecule has 4 nitrogen and oxygen atoms in total. The Balaban J connectivity index is 1.75. The van der Waals surface area contributed by atoms with E-state index in [9.17, 15) is 9.59 Å². The van der Waals surface area contributed by atoms with Gasteiger partial charge in [0.25, 0.3) is 0 Å². The van der Waals surface area contributed by atoms with Crippen molar-refractivity contribution in [2.45, 2.75) is 44.6 Å². The Bertz CT molecular complexity index is 471. The maximum atomic E-state index is 12.7. The summed E-state index contributed by atoms with van der Waals surface area (Å²) >= 11 is 0. The third kappa shape index (κ3) is 1.52. The van der Waals surface area contributed by atoms with Crippen LogP contribution in [0.2, 0.25) is 0 Å². The first kappa shape index (κ1) is 11.5. The lowest BCUT2D eigenvalue weighted by Gasteiger charge is -2.52. The third-order valence-electron chi connectivity index (χ3n) is 5.28. The van der Waals surface area contributed by atoms with E-state index in [0.717, 1.165) is 57.3 Å². The Hall–Kier alpha value is -1.32. The van der Waals surface area contributed by atoms with Gasteiger partial charge in [-0.15, -0.1) is 0 Å². The number of hydrogen-bond donors (Lipinski definition) is 0. The summed E-state index contributed by atoms with van der Waals surface area (Å²) in [5.41, 5.74) is 1.02. The average Bonchev–Trinajstić information content (AvgIpc) is 2.47. The van der Waals surface area contributed by atoms with Crippen molar-refractivity contribution in [1.29, 1.82) is 0 Å². The van der Waals surface area contributed by atoms with Crippen molar-refractivity contribution in [2.24, 2.45) is 11.8 Å². The van der Waals surface area contributed by atoms with Crippen LogP contribution in [0.3, 0.4) is 0 Å². The quantitative estimate of drug-likeness (QED) is 0.662. The molecule has 4 heteroatoms. The molecule has 3 saturated heterocycles.